The van der Waals surface area contributed by atoms with Gasteiger partial charge in [0, 0.05) is 24.3 Å². The standard InChI is InChI=1S/C40H55FN6O12S/c1-11-28-40(7)33(42-37(53)59-40)23(4)31(50)21(2)19-38(5,55-16-12-13-24-14-15-26(60-24)34-43-45-47(44-34)20-30(49)54-10)29(18-27(48)39(6,41)36(52)58-28)57-35-32(51)25(46(8)9)17-22(3)56-35/h14-15,21-23,25,28-29,32-33,35,51H,11,16-20H2,1-10H3,(H,42,53)/t21-,22-,23-,25+,28+,29-,32-,33?,35?,38+,39+,40-/m1/s1. The molecule has 2 unspecified atom stereocenters. The summed E-state index contributed by atoms with van der Waals surface area (Å²) < 4.78 is 51.6. The number of aliphatic hydroxyl groups excluding tert-OH is 1. The first-order chi connectivity index (χ1) is 28.1. The van der Waals surface area contributed by atoms with E-state index in [0.29, 0.717) is 16.2 Å². The Bertz CT molecular complexity index is 1980. The minimum absolute atomic E-state index is 0.0670. The highest BCUT2D eigenvalue weighted by atomic mass is 32.1. The summed E-state index contributed by atoms with van der Waals surface area (Å²) in [5, 5.41) is 26.2. The maximum atomic E-state index is 16.7. The van der Waals surface area contributed by atoms with E-state index in [0.717, 1.165) is 11.7 Å². The number of fused-ring (bicyclic) bond motifs is 1. The van der Waals surface area contributed by atoms with Gasteiger partial charge in [-0.3, -0.25) is 9.59 Å². The topological polar surface area (TPSA) is 220 Å². The number of methoxy groups -OCH3 is 1. The average Bonchev–Trinajstić information content (AvgIpc) is 3.93. The summed E-state index contributed by atoms with van der Waals surface area (Å²) in [4.78, 5) is 70.5. The number of amides is 1. The third kappa shape index (κ3) is 10.0. The van der Waals surface area contributed by atoms with Crippen molar-refractivity contribution in [2.75, 3.05) is 27.8 Å². The van der Waals surface area contributed by atoms with Gasteiger partial charge in [-0.2, -0.15) is 4.80 Å². The zero-order valence-electron chi connectivity index (χ0n) is 35.6. The van der Waals surface area contributed by atoms with Crippen molar-refractivity contribution in [1.29, 1.82) is 0 Å². The molecule has 5 heterocycles. The lowest BCUT2D eigenvalue weighted by Crippen LogP contribution is -2.60. The number of alkyl carbamates (subject to hydrolysis) is 1. The summed E-state index contributed by atoms with van der Waals surface area (Å²) in [5.41, 5.74) is -6.42. The molecule has 0 spiro atoms. The molecule has 20 heteroatoms. The number of aliphatic hydroxyl groups is 1. The van der Waals surface area contributed by atoms with Crippen molar-refractivity contribution in [3.8, 4) is 22.5 Å². The molecular weight excluding hydrogens is 808 g/mol. The van der Waals surface area contributed by atoms with Crippen LogP contribution in [0.1, 0.15) is 79.0 Å². The summed E-state index contributed by atoms with van der Waals surface area (Å²) >= 11 is 1.25. The van der Waals surface area contributed by atoms with Crippen molar-refractivity contribution in [2.24, 2.45) is 11.8 Å². The largest absolute Gasteiger partial charge is 0.468 e. The second-order valence-corrected chi connectivity index (χ2v) is 17.5. The Hall–Kier alpha value is -4.39. The number of hydrogen-bond donors (Lipinski definition) is 2. The van der Waals surface area contributed by atoms with Crippen LogP contribution in [-0.4, -0.2) is 147 Å². The number of carbonyl (C=O) groups is 5. The number of tetrazole rings is 1. The van der Waals surface area contributed by atoms with Crippen LogP contribution < -0.4 is 5.32 Å². The number of hydrogen-bond acceptors (Lipinski definition) is 17. The lowest BCUT2D eigenvalue weighted by atomic mass is 9.75. The summed E-state index contributed by atoms with van der Waals surface area (Å²) in [6.45, 7) is 10.1. The first kappa shape index (κ1) is 46.7. The number of aromatic nitrogens is 4. The minimum atomic E-state index is -3.21. The molecule has 12 atom stereocenters. The van der Waals surface area contributed by atoms with Crippen LogP contribution in [0.15, 0.2) is 12.1 Å². The molecule has 3 fully saturated rings. The Balaban J connectivity index is 1.51. The Kier molecular flexibility index (Phi) is 14.5. The molecule has 5 rings (SSSR count). The van der Waals surface area contributed by atoms with Gasteiger partial charge in [-0.1, -0.05) is 32.6 Å². The molecule has 1 amide bonds. The fourth-order valence-corrected chi connectivity index (χ4v) is 8.84. The van der Waals surface area contributed by atoms with Crippen molar-refractivity contribution in [1.82, 2.24) is 30.4 Å². The van der Waals surface area contributed by atoms with E-state index in [1.165, 1.54) is 25.4 Å². The number of ketones is 2. The minimum Gasteiger partial charge on any atom is -0.468 e. The van der Waals surface area contributed by atoms with Crippen LogP contribution in [-0.2, 0) is 54.1 Å². The molecule has 330 valence electrons. The zero-order valence-corrected chi connectivity index (χ0v) is 36.4. The molecule has 0 radical (unpaired) electrons. The van der Waals surface area contributed by atoms with Crippen LogP contribution in [0.4, 0.5) is 9.18 Å². The number of alkyl halides is 1. The molecule has 18 nitrogen and oxygen atoms in total. The molecule has 0 aliphatic carbocycles. The summed E-state index contributed by atoms with van der Waals surface area (Å²) in [6, 6.07) is 2.06. The van der Waals surface area contributed by atoms with Crippen molar-refractivity contribution in [3.63, 3.8) is 0 Å². The molecular formula is C40H55FN6O12S. The van der Waals surface area contributed by atoms with Gasteiger partial charge >= 0.3 is 18.0 Å². The number of carbonyl (C=O) groups excluding carboxylic acids is 5. The van der Waals surface area contributed by atoms with Crippen LogP contribution >= 0.6 is 11.3 Å². The van der Waals surface area contributed by atoms with E-state index in [2.05, 4.69) is 37.3 Å². The van der Waals surface area contributed by atoms with Crippen molar-refractivity contribution >= 4 is 40.9 Å². The van der Waals surface area contributed by atoms with E-state index in [9.17, 15) is 29.1 Å². The van der Waals surface area contributed by atoms with E-state index in [1.807, 2.05) is 4.90 Å². The molecule has 3 saturated heterocycles. The maximum Gasteiger partial charge on any atom is 0.408 e. The van der Waals surface area contributed by atoms with Gasteiger partial charge in [-0.25, -0.2) is 18.8 Å². The lowest BCUT2D eigenvalue weighted by molar-refractivity contribution is -0.290. The van der Waals surface area contributed by atoms with Crippen molar-refractivity contribution in [2.45, 2.75) is 140 Å². The highest BCUT2D eigenvalue weighted by Gasteiger charge is 2.58. The number of thiophene rings is 1. The van der Waals surface area contributed by atoms with Gasteiger partial charge in [-0.15, -0.1) is 21.5 Å². The molecule has 0 aromatic carbocycles. The van der Waals surface area contributed by atoms with Crippen LogP contribution in [0.2, 0.25) is 0 Å². The molecule has 2 aromatic heterocycles. The summed E-state index contributed by atoms with van der Waals surface area (Å²) in [5.74, 6) is 0.946. The number of cyclic esters (lactones) is 1. The molecule has 0 bridgehead atoms. The third-order valence-corrected chi connectivity index (χ3v) is 12.6. The molecule has 3 aliphatic heterocycles. The van der Waals surface area contributed by atoms with E-state index < -0.39 is 102 Å². The lowest BCUT2D eigenvalue weighted by Gasteiger charge is -2.46. The van der Waals surface area contributed by atoms with Crippen LogP contribution in [0.25, 0.3) is 10.7 Å². The number of nitrogens with one attached hydrogen (secondary N) is 1. The second kappa shape index (κ2) is 18.7. The normalized spacial score (nSPS) is 35.4. The first-order valence-electron chi connectivity index (χ1n) is 19.8. The van der Waals surface area contributed by atoms with Gasteiger partial charge in [0.25, 0.3) is 5.67 Å². The predicted octanol–water partition coefficient (Wildman–Crippen LogP) is 2.63. The second-order valence-electron chi connectivity index (χ2n) is 16.4. The third-order valence-electron chi connectivity index (χ3n) is 11.6. The fraction of sp³-hybridized carbons (Fsp3) is 0.700. The Morgan fingerprint density at radius 2 is 1.88 bits per heavy atom. The number of nitrogens with zero attached hydrogens (tertiary/aromatic N) is 5. The number of Topliss-reactive ketones (excluding diaryl/α,β-unsaturated/α-hetero) is 2. The van der Waals surface area contributed by atoms with Crippen LogP contribution in [0.3, 0.4) is 0 Å². The average molecular weight is 863 g/mol. The van der Waals surface area contributed by atoms with Crippen LogP contribution in [0.5, 0.6) is 0 Å². The zero-order chi connectivity index (χ0) is 44.3. The molecule has 60 heavy (non-hydrogen) atoms. The van der Waals surface area contributed by atoms with Crippen molar-refractivity contribution in [3.05, 3.63) is 17.0 Å². The quantitative estimate of drug-likeness (QED) is 0.160. The van der Waals surface area contributed by atoms with E-state index in [1.54, 1.807) is 60.8 Å². The molecule has 0 saturated carbocycles. The highest BCUT2D eigenvalue weighted by molar-refractivity contribution is 7.15. The predicted molar refractivity (Wildman–Crippen MR) is 211 cm³/mol. The van der Waals surface area contributed by atoms with Gasteiger partial charge in [0.05, 0.1) is 40.7 Å². The van der Waals surface area contributed by atoms with E-state index in [4.69, 9.17) is 23.7 Å². The van der Waals surface area contributed by atoms with Gasteiger partial charge in [-0.05, 0) is 78.4 Å². The van der Waals surface area contributed by atoms with Gasteiger partial charge in [0.15, 0.2) is 24.2 Å². The van der Waals surface area contributed by atoms with Gasteiger partial charge in [0.2, 0.25) is 5.82 Å². The maximum absolute atomic E-state index is 16.7. The van der Waals surface area contributed by atoms with Gasteiger partial charge in [0.1, 0.15) is 24.6 Å². The Morgan fingerprint density at radius 1 is 1.17 bits per heavy atom. The Labute approximate surface area is 352 Å². The number of ether oxygens (including phenoxy) is 6. The van der Waals surface area contributed by atoms with E-state index >= 15 is 4.39 Å². The SMILES string of the molecule is CC[C@@H]1OC(=O)[C@@](C)(F)C(=O)C[C@@H](OC2O[C@H](C)C[C@H](N(C)C)[C@H]2O)[C@@](C)(OCC#Cc2ccc(-c3nnn(CC(=O)OC)n3)s2)C[C@@H](C)C(=O)[C@@H](C)C2NC(=O)O[C@@]21C. The van der Waals surface area contributed by atoms with Crippen LogP contribution in [0, 0.1) is 23.7 Å². The number of halogens is 1. The number of esters is 2. The number of likely N-dealkylation sites (N-methyl/N-ethyl adjacent to an activating group) is 1. The Morgan fingerprint density at radius 3 is 2.55 bits per heavy atom. The summed E-state index contributed by atoms with van der Waals surface area (Å²) in [6.07, 6.45) is -6.76. The molecule has 2 aromatic rings. The first-order valence-corrected chi connectivity index (χ1v) is 20.6. The highest BCUT2D eigenvalue weighted by Crippen LogP contribution is 2.40. The van der Waals surface area contributed by atoms with E-state index in [-0.39, 0.29) is 37.6 Å². The van der Waals surface area contributed by atoms with Gasteiger partial charge < -0.3 is 43.7 Å². The van der Waals surface area contributed by atoms with Crippen molar-refractivity contribution < 1.29 is 61.9 Å². The summed E-state index contributed by atoms with van der Waals surface area (Å²) in [7, 11) is 4.84. The fourth-order valence-electron chi connectivity index (χ4n) is 8.04. The number of rotatable bonds is 9. The monoisotopic (exact) mass is 862 g/mol. The molecule has 2 N–H and O–H groups in total. The molecule has 3 aliphatic rings. The smallest absolute Gasteiger partial charge is 0.408 e.